The van der Waals surface area contributed by atoms with Crippen LogP contribution >= 0.6 is 0 Å². The molecule has 0 spiro atoms. The Bertz CT molecular complexity index is 634. The molecule has 2 aromatic rings. The topological polar surface area (TPSA) is 12.5 Å². The van der Waals surface area contributed by atoms with E-state index >= 15 is 0 Å². The number of alkyl halides is 3. The van der Waals surface area contributed by atoms with Gasteiger partial charge in [-0.15, -0.1) is 0 Å². The molecule has 1 fully saturated rings. The molecule has 0 bridgehead atoms. The van der Waals surface area contributed by atoms with Gasteiger partial charge in [-0.25, -0.2) is 0 Å². The highest BCUT2D eigenvalue weighted by Gasteiger charge is 2.35. The van der Waals surface area contributed by atoms with Crippen LogP contribution in [0.2, 0.25) is 0 Å². The van der Waals surface area contributed by atoms with Crippen LogP contribution < -0.4 is 4.90 Å². The number of benzene rings is 2. The normalized spacial score (nSPS) is 15.9. The zero-order chi connectivity index (χ0) is 15.6. The van der Waals surface area contributed by atoms with Gasteiger partial charge >= 0.3 is 6.18 Å². The quantitative estimate of drug-likeness (QED) is 0.824. The number of halogens is 3. The summed E-state index contributed by atoms with van der Waals surface area (Å²) in [5, 5.41) is 0. The third-order valence-electron chi connectivity index (χ3n) is 3.76. The number of morpholine rings is 1. The van der Waals surface area contributed by atoms with E-state index < -0.39 is 11.7 Å². The molecule has 22 heavy (non-hydrogen) atoms. The van der Waals surface area contributed by atoms with Crippen LogP contribution in [0.3, 0.4) is 0 Å². The summed E-state index contributed by atoms with van der Waals surface area (Å²) < 4.78 is 45.5. The molecule has 0 unspecified atom stereocenters. The number of rotatable bonds is 2. The molecule has 1 saturated heterocycles. The van der Waals surface area contributed by atoms with Gasteiger partial charge in [-0.05, 0) is 23.3 Å². The van der Waals surface area contributed by atoms with Gasteiger partial charge in [0.2, 0.25) is 0 Å². The van der Waals surface area contributed by atoms with Crippen LogP contribution in [0.15, 0.2) is 48.5 Å². The molecule has 2 nitrogen and oxygen atoms in total. The van der Waals surface area contributed by atoms with Crippen molar-refractivity contribution in [2.45, 2.75) is 6.18 Å². The Balaban J connectivity index is 2.04. The van der Waals surface area contributed by atoms with Crippen molar-refractivity contribution in [3.8, 4) is 11.1 Å². The molecule has 0 aromatic heterocycles. The van der Waals surface area contributed by atoms with Crippen molar-refractivity contribution in [2.75, 3.05) is 31.2 Å². The first-order chi connectivity index (χ1) is 10.6. The zero-order valence-electron chi connectivity index (χ0n) is 11.9. The molecule has 1 aliphatic heterocycles. The highest BCUT2D eigenvalue weighted by Crippen LogP contribution is 2.39. The zero-order valence-corrected chi connectivity index (χ0v) is 11.9. The molecule has 5 heteroatoms. The lowest BCUT2D eigenvalue weighted by atomic mass is 10.0. The van der Waals surface area contributed by atoms with Crippen LogP contribution in [0.4, 0.5) is 18.9 Å². The number of anilines is 1. The van der Waals surface area contributed by atoms with Crippen LogP contribution in [0.1, 0.15) is 5.56 Å². The lowest BCUT2D eigenvalue weighted by molar-refractivity contribution is -0.137. The molecule has 2 aromatic carbocycles. The molecule has 0 atom stereocenters. The lowest BCUT2D eigenvalue weighted by Gasteiger charge is -2.31. The van der Waals surface area contributed by atoms with Gasteiger partial charge in [0.1, 0.15) is 0 Å². The minimum atomic E-state index is -4.38. The standard InChI is InChI=1S/C17H16F3NO/c18-17(19,20)15-12-14(13-4-2-1-3-5-13)6-7-16(15)21-8-10-22-11-9-21/h1-7,12H,8-11H2. The van der Waals surface area contributed by atoms with Crippen LogP contribution in [-0.2, 0) is 10.9 Å². The van der Waals surface area contributed by atoms with Crippen LogP contribution in [-0.4, -0.2) is 26.3 Å². The van der Waals surface area contributed by atoms with Gasteiger partial charge in [0.15, 0.2) is 0 Å². The lowest BCUT2D eigenvalue weighted by Crippen LogP contribution is -2.37. The summed E-state index contributed by atoms with van der Waals surface area (Å²) in [7, 11) is 0. The van der Waals surface area contributed by atoms with Crippen molar-refractivity contribution < 1.29 is 17.9 Å². The van der Waals surface area contributed by atoms with E-state index in [-0.39, 0.29) is 5.69 Å². The van der Waals surface area contributed by atoms with Gasteiger partial charge < -0.3 is 9.64 Å². The highest BCUT2D eigenvalue weighted by molar-refractivity contribution is 5.69. The monoisotopic (exact) mass is 307 g/mol. The van der Waals surface area contributed by atoms with E-state index in [4.69, 9.17) is 4.74 Å². The van der Waals surface area contributed by atoms with Gasteiger partial charge in [-0.3, -0.25) is 0 Å². The van der Waals surface area contributed by atoms with Crippen molar-refractivity contribution in [1.29, 1.82) is 0 Å². The fourth-order valence-electron chi connectivity index (χ4n) is 2.65. The Morgan fingerprint density at radius 3 is 2.18 bits per heavy atom. The van der Waals surface area contributed by atoms with E-state index in [0.29, 0.717) is 31.9 Å². The third kappa shape index (κ3) is 3.09. The predicted octanol–water partition coefficient (Wildman–Crippen LogP) is 4.21. The van der Waals surface area contributed by atoms with E-state index in [0.717, 1.165) is 5.56 Å². The predicted molar refractivity (Wildman–Crippen MR) is 79.9 cm³/mol. The second-order valence-electron chi connectivity index (χ2n) is 5.20. The summed E-state index contributed by atoms with van der Waals surface area (Å²) in [5.41, 5.74) is 0.998. The number of hydrogen-bond acceptors (Lipinski definition) is 2. The molecule has 0 aliphatic carbocycles. The summed E-state index contributed by atoms with van der Waals surface area (Å²) >= 11 is 0. The minimum Gasteiger partial charge on any atom is -0.378 e. The Morgan fingerprint density at radius 1 is 0.864 bits per heavy atom. The molecule has 0 saturated carbocycles. The molecule has 1 aliphatic rings. The van der Waals surface area contributed by atoms with E-state index in [1.54, 1.807) is 17.0 Å². The smallest absolute Gasteiger partial charge is 0.378 e. The highest BCUT2D eigenvalue weighted by atomic mass is 19.4. The minimum absolute atomic E-state index is 0.232. The Hall–Kier alpha value is -2.01. The summed E-state index contributed by atoms with van der Waals surface area (Å²) in [6.07, 6.45) is -4.38. The molecular weight excluding hydrogens is 291 g/mol. The number of ether oxygens (including phenoxy) is 1. The first-order valence-corrected chi connectivity index (χ1v) is 7.15. The molecular formula is C17H16F3NO. The molecule has 0 radical (unpaired) electrons. The van der Waals surface area contributed by atoms with E-state index in [9.17, 15) is 13.2 Å². The second kappa shape index (κ2) is 6.01. The maximum atomic E-state index is 13.4. The average Bonchev–Trinajstić information content (AvgIpc) is 2.55. The van der Waals surface area contributed by atoms with Crippen LogP contribution in [0.25, 0.3) is 11.1 Å². The fraction of sp³-hybridized carbons (Fsp3) is 0.294. The number of hydrogen-bond donors (Lipinski definition) is 0. The Labute approximate surface area is 127 Å². The summed E-state index contributed by atoms with van der Waals surface area (Å²) in [6.45, 7) is 1.87. The summed E-state index contributed by atoms with van der Waals surface area (Å²) in [6, 6.07) is 13.6. The maximum Gasteiger partial charge on any atom is 0.418 e. The third-order valence-corrected chi connectivity index (χ3v) is 3.76. The Kier molecular flexibility index (Phi) is 4.07. The maximum absolute atomic E-state index is 13.4. The van der Waals surface area contributed by atoms with E-state index in [1.165, 1.54) is 6.07 Å². The van der Waals surface area contributed by atoms with Crippen molar-refractivity contribution >= 4 is 5.69 Å². The second-order valence-corrected chi connectivity index (χ2v) is 5.20. The van der Waals surface area contributed by atoms with Gasteiger partial charge in [0, 0.05) is 18.8 Å². The van der Waals surface area contributed by atoms with Gasteiger partial charge in [0.05, 0.1) is 18.8 Å². The summed E-state index contributed by atoms with van der Waals surface area (Å²) in [5.74, 6) is 0. The summed E-state index contributed by atoms with van der Waals surface area (Å²) in [4.78, 5) is 1.74. The van der Waals surface area contributed by atoms with Gasteiger partial charge in [-0.1, -0.05) is 36.4 Å². The van der Waals surface area contributed by atoms with Crippen molar-refractivity contribution in [1.82, 2.24) is 0 Å². The molecule has 1 heterocycles. The van der Waals surface area contributed by atoms with Crippen LogP contribution in [0, 0.1) is 0 Å². The van der Waals surface area contributed by atoms with Gasteiger partial charge in [0.25, 0.3) is 0 Å². The fourth-order valence-corrected chi connectivity index (χ4v) is 2.65. The van der Waals surface area contributed by atoms with Crippen molar-refractivity contribution in [3.05, 3.63) is 54.1 Å². The van der Waals surface area contributed by atoms with E-state index in [1.807, 2.05) is 30.3 Å². The first kappa shape index (κ1) is 14.9. The first-order valence-electron chi connectivity index (χ1n) is 7.15. The molecule has 0 N–H and O–H groups in total. The SMILES string of the molecule is FC(F)(F)c1cc(-c2ccccc2)ccc1N1CCOCC1. The molecule has 3 rings (SSSR count). The Morgan fingerprint density at radius 2 is 1.55 bits per heavy atom. The van der Waals surface area contributed by atoms with Crippen molar-refractivity contribution in [2.24, 2.45) is 0 Å². The van der Waals surface area contributed by atoms with Gasteiger partial charge in [-0.2, -0.15) is 13.2 Å². The van der Waals surface area contributed by atoms with Crippen molar-refractivity contribution in [3.63, 3.8) is 0 Å². The molecule has 116 valence electrons. The average molecular weight is 307 g/mol. The number of nitrogens with zero attached hydrogens (tertiary/aromatic N) is 1. The van der Waals surface area contributed by atoms with Crippen LogP contribution in [0.5, 0.6) is 0 Å². The van der Waals surface area contributed by atoms with E-state index in [2.05, 4.69) is 0 Å². The largest absolute Gasteiger partial charge is 0.418 e. The molecule has 0 amide bonds.